The van der Waals surface area contributed by atoms with Crippen molar-refractivity contribution < 1.29 is 9.18 Å². The number of rotatable bonds is 2. The molecule has 3 rings (SSSR count). The van der Waals surface area contributed by atoms with Crippen LogP contribution in [0.15, 0.2) is 47.7 Å². The fraction of sp³-hybridized carbons (Fsp3) is 0.125. The van der Waals surface area contributed by atoms with Gasteiger partial charge < -0.3 is 0 Å². The van der Waals surface area contributed by atoms with E-state index < -0.39 is 17.3 Å². The molecule has 0 unspecified atom stereocenters. The molecule has 3 aromatic rings. The maximum atomic E-state index is 13.8. The predicted octanol–water partition coefficient (Wildman–Crippen LogP) is 1.81. The van der Waals surface area contributed by atoms with E-state index in [0.29, 0.717) is 5.65 Å². The minimum absolute atomic E-state index is 0.147. The number of aryl methyl sites for hydroxylation is 1. The van der Waals surface area contributed by atoms with E-state index in [4.69, 9.17) is 0 Å². The topological polar surface area (TPSA) is 67.6 Å². The molecule has 1 amide bonds. The van der Waals surface area contributed by atoms with E-state index in [0.717, 1.165) is 10.5 Å². The van der Waals surface area contributed by atoms with E-state index in [1.54, 1.807) is 18.3 Å². The summed E-state index contributed by atoms with van der Waals surface area (Å²) in [5.74, 6) is -1.46. The number of carbonyl (C=O) groups excluding carboxylic acids is 1. The minimum atomic E-state index is -0.671. The molecule has 0 fully saturated rings. The van der Waals surface area contributed by atoms with Crippen molar-refractivity contribution in [1.29, 1.82) is 0 Å². The van der Waals surface area contributed by atoms with Crippen LogP contribution in [0.1, 0.15) is 15.9 Å². The first-order valence-corrected chi connectivity index (χ1v) is 6.85. The smallest absolute Gasteiger partial charge is 0.270 e. The molecule has 0 aliphatic carbocycles. The van der Waals surface area contributed by atoms with Crippen LogP contribution >= 0.6 is 0 Å². The van der Waals surface area contributed by atoms with Crippen LogP contribution < -0.4 is 10.5 Å². The molecule has 0 bridgehead atoms. The summed E-state index contributed by atoms with van der Waals surface area (Å²) in [6.45, 7) is 1.88. The molecule has 0 aromatic carbocycles. The molecule has 0 saturated carbocycles. The number of carbonyl (C=O) groups is 1. The van der Waals surface area contributed by atoms with Crippen LogP contribution in [0.4, 0.5) is 10.2 Å². The van der Waals surface area contributed by atoms with Crippen molar-refractivity contribution in [3.05, 3.63) is 70.2 Å². The average Bonchev–Trinajstić information content (AvgIpc) is 2.54. The molecule has 0 saturated heterocycles. The van der Waals surface area contributed by atoms with Crippen LogP contribution in [0.2, 0.25) is 0 Å². The molecular weight excluding hydrogens is 299 g/mol. The van der Waals surface area contributed by atoms with Gasteiger partial charge in [-0.05, 0) is 36.8 Å². The highest BCUT2D eigenvalue weighted by atomic mass is 19.1. The molecule has 0 aliphatic rings. The van der Waals surface area contributed by atoms with Gasteiger partial charge in [0, 0.05) is 25.6 Å². The van der Waals surface area contributed by atoms with Gasteiger partial charge in [0.15, 0.2) is 11.6 Å². The summed E-state index contributed by atoms with van der Waals surface area (Å²) in [4.78, 5) is 33.9. The number of aromatic nitrogens is 3. The number of halogens is 1. The number of anilines is 1. The number of pyridine rings is 2. The average molecular weight is 312 g/mol. The lowest BCUT2D eigenvalue weighted by molar-refractivity contribution is 0.0989. The van der Waals surface area contributed by atoms with E-state index in [2.05, 4.69) is 9.97 Å². The Labute approximate surface area is 130 Å². The van der Waals surface area contributed by atoms with Gasteiger partial charge in [-0.15, -0.1) is 0 Å². The third-order valence-corrected chi connectivity index (χ3v) is 3.46. The lowest BCUT2D eigenvalue weighted by Crippen LogP contribution is -2.34. The molecule has 0 radical (unpaired) electrons. The first kappa shape index (κ1) is 14.8. The number of hydrogen-bond acceptors (Lipinski definition) is 4. The summed E-state index contributed by atoms with van der Waals surface area (Å²) in [7, 11) is 1.36. The van der Waals surface area contributed by atoms with Gasteiger partial charge in [0.2, 0.25) is 0 Å². The molecule has 23 heavy (non-hydrogen) atoms. The van der Waals surface area contributed by atoms with Crippen LogP contribution in [0.5, 0.6) is 0 Å². The minimum Gasteiger partial charge on any atom is -0.293 e. The van der Waals surface area contributed by atoms with Crippen LogP contribution in [-0.2, 0) is 0 Å². The molecule has 0 N–H and O–H groups in total. The standard InChI is InChI=1S/C16H13FN4O2/c1-10-5-7-21-13(8-10)19-9-11(16(21)23)15(22)20(2)14-12(17)4-3-6-18-14/h3-9H,1-2H3. The maximum absolute atomic E-state index is 13.8. The predicted molar refractivity (Wildman–Crippen MR) is 83.1 cm³/mol. The van der Waals surface area contributed by atoms with Crippen LogP contribution in [0.3, 0.4) is 0 Å². The highest BCUT2D eigenvalue weighted by Gasteiger charge is 2.21. The molecule has 0 aliphatic heterocycles. The second-order valence-corrected chi connectivity index (χ2v) is 5.08. The summed E-state index contributed by atoms with van der Waals surface area (Å²) in [5, 5.41) is 0. The number of amides is 1. The molecule has 0 atom stereocenters. The third-order valence-electron chi connectivity index (χ3n) is 3.46. The van der Waals surface area contributed by atoms with Gasteiger partial charge in [0.25, 0.3) is 11.5 Å². The second-order valence-electron chi connectivity index (χ2n) is 5.08. The van der Waals surface area contributed by atoms with Crippen molar-refractivity contribution in [3.63, 3.8) is 0 Å². The van der Waals surface area contributed by atoms with Crippen molar-refractivity contribution >= 4 is 17.4 Å². The highest BCUT2D eigenvalue weighted by Crippen LogP contribution is 2.15. The van der Waals surface area contributed by atoms with Gasteiger partial charge in [-0.2, -0.15) is 0 Å². The van der Waals surface area contributed by atoms with Crippen LogP contribution in [-0.4, -0.2) is 27.3 Å². The largest absolute Gasteiger partial charge is 0.293 e. The van der Waals surface area contributed by atoms with Crippen molar-refractivity contribution in [2.24, 2.45) is 0 Å². The summed E-state index contributed by atoms with van der Waals surface area (Å²) >= 11 is 0. The fourth-order valence-electron chi connectivity index (χ4n) is 2.22. The molecule has 116 valence electrons. The van der Waals surface area contributed by atoms with Crippen LogP contribution in [0, 0.1) is 12.7 Å². The van der Waals surface area contributed by atoms with Crippen molar-refractivity contribution in [2.75, 3.05) is 11.9 Å². The molecule has 6 nitrogen and oxygen atoms in total. The first-order valence-electron chi connectivity index (χ1n) is 6.85. The lowest BCUT2D eigenvalue weighted by atomic mass is 10.2. The van der Waals surface area contributed by atoms with Crippen molar-refractivity contribution in [1.82, 2.24) is 14.4 Å². The second kappa shape index (κ2) is 5.60. The van der Waals surface area contributed by atoms with Crippen molar-refractivity contribution in [3.8, 4) is 0 Å². The van der Waals surface area contributed by atoms with E-state index in [-0.39, 0.29) is 11.4 Å². The molecule has 3 aromatic heterocycles. The van der Waals surface area contributed by atoms with E-state index in [9.17, 15) is 14.0 Å². The molecule has 3 heterocycles. The van der Waals surface area contributed by atoms with Gasteiger partial charge >= 0.3 is 0 Å². The summed E-state index contributed by atoms with van der Waals surface area (Å²) < 4.78 is 15.0. The van der Waals surface area contributed by atoms with Crippen molar-refractivity contribution in [2.45, 2.75) is 6.92 Å². The van der Waals surface area contributed by atoms with Gasteiger partial charge in [0.1, 0.15) is 11.2 Å². The Kier molecular flexibility index (Phi) is 3.61. The zero-order valence-corrected chi connectivity index (χ0v) is 12.5. The van der Waals surface area contributed by atoms with E-state index in [1.165, 1.54) is 36.0 Å². The fourth-order valence-corrected chi connectivity index (χ4v) is 2.22. The zero-order valence-electron chi connectivity index (χ0n) is 12.5. The SMILES string of the molecule is Cc1ccn2c(=O)c(C(=O)N(C)c3ncccc3F)cnc2c1. The Hall–Kier alpha value is -3.09. The first-order chi connectivity index (χ1) is 11.0. The quantitative estimate of drug-likeness (QED) is 0.724. The Morgan fingerprint density at radius 2 is 2.09 bits per heavy atom. The molecular formula is C16H13FN4O2. The summed E-state index contributed by atoms with van der Waals surface area (Å²) in [6, 6.07) is 6.09. The summed E-state index contributed by atoms with van der Waals surface area (Å²) in [6.07, 6.45) is 4.13. The monoisotopic (exact) mass is 312 g/mol. The Morgan fingerprint density at radius 1 is 1.30 bits per heavy atom. The zero-order chi connectivity index (χ0) is 16.6. The van der Waals surface area contributed by atoms with Gasteiger partial charge in [-0.25, -0.2) is 14.4 Å². The Balaban J connectivity index is 2.08. The molecule has 7 heteroatoms. The van der Waals surface area contributed by atoms with E-state index in [1.807, 2.05) is 6.92 Å². The normalized spacial score (nSPS) is 10.7. The number of nitrogens with zero attached hydrogens (tertiary/aromatic N) is 4. The Morgan fingerprint density at radius 3 is 2.83 bits per heavy atom. The third kappa shape index (κ3) is 2.57. The van der Waals surface area contributed by atoms with E-state index >= 15 is 0 Å². The van der Waals surface area contributed by atoms with Gasteiger partial charge in [-0.3, -0.25) is 18.9 Å². The number of fused-ring (bicyclic) bond motifs is 1. The summed E-state index contributed by atoms with van der Waals surface area (Å²) in [5.41, 5.74) is 0.726. The Bertz CT molecular complexity index is 968. The van der Waals surface area contributed by atoms with Crippen LogP contribution in [0.25, 0.3) is 5.65 Å². The van der Waals surface area contributed by atoms with Gasteiger partial charge in [0.05, 0.1) is 0 Å². The lowest BCUT2D eigenvalue weighted by Gasteiger charge is -2.16. The maximum Gasteiger partial charge on any atom is 0.270 e. The molecule has 0 spiro atoms. The van der Waals surface area contributed by atoms with Gasteiger partial charge in [-0.1, -0.05) is 0 Å². The highest BCUT2D eigenvalue weighted by molar-refractivity contribution is 6.04. The number of hydrogen-bond donors (Lipinski definition) is 0.